The maximum absolute atomic E-state index is 11.1. The lowest BCUT2D eigenvalue weighted by atomic mass is 10.0. The number of hydrogen-bond acceptors (Lipinski definition) is 2. The molecule has 0 aromatic heterocycles. The number of hydrogen-bond donors (Lipinski definition) is 0. The topological polar surface area (TPSA) is 23.6 Å². The smallest absolute Gasteiger partial charge is 0.283 e. The van der Waals surface area contributed by atoms with Crippen molar-refractivity contribution in [3.05, 3.63) is 0 Å². The van der Waals surface area contributed by atoms with Crippen molar-refractivity contribution in [3.8, 4) is 0 Å². The predicted octanol–water partition coefficient (Wildman–Crippen LogP) is 1.03. The van der Waals surface area contributed by atoms with E-state index in [0.29, 0.717) is 0 Å². The van der Waals surface area contributed by atoms with E-state index in [9.17, 15) is 4.79 Å². The van der Waals surface area contributed by atoms with Gasteiger partial charge in [-0.15, -0.1) is 0 Å². The van der Waals surface area contributed by atoms with Crippen LogP contribution >= 0.6 is 22.6 Å². The molecule has 2 heterocycles. The van der Waals surface area contributed by atoms with Gasteiger partial charge < -0.3 is 9.80 Å². The monoisotopic (exact) mass is 280 g/mol. The maximum atomic E-state index is 11.1. The second-order valence-corrected chi connectivity index (χ2v) is 4.82. The summed E-state index contributed by atoms with van der Waals surface area (Å²) in [7, 11) is 2.16. The number of amides is 1. The van der Waals surface area contributed by atoms with Crippen LogP contribution in [0.3, 0.4) is 0 Å². The Morgan fingerprint density at radius 1 is 1.25 bits per heavy atom. The second-order valence-electron chi connectivity index (χ2n) is 3.90. The molecule has 2 saturated heterocycles. The lowest BCUT2D eigenvalue weighted by molar-refractivity contribution is 0.229. The Hall–Kier alpha value is 0.160. The van der Waals surface area contributed by atoms with Gasteiger partial charge in [0.05, 0.1) is 0 Å². The van der Waals surface area contributed by atoms with Gasteiger partial charge in [-0.3, -0.25) is 4.79 Å². The molecule has 4 heteroatoms. The zero-order valence-electron chi connectivity index (χ0n) is 7.16. The summed E-state index contributed by atoms with van der Waals surface area (Å²) < 4.78 is 0.213. The lowest BCUT2D eigenvalue weighted by Gasteiger charge is -2.16. The fourth-order valence-electron chi connectivity index (χ4n) is 2.37. The van der Waals surface area contributed by atoms with Crippen LogP contribution in [-0.4, -0.2) is 46.9 Å². The number of carbonyl (C=O) groups is 1. The van der Waals surface area contributed by atoms with Crippen LogP contribution in [0, 0.1) is 11.8 Å². The van der Waals surface area contributed by atoms with Gasteiger partial charge >= 0.3 is 0 Å². The van der Waals surface area contributed by atoms with Gasteiger partial charge in [0.15, 0.2) is 0 Å². The summed E-state index contributed by atoms with van der Waals surface area (Å²) in [6.07, 6.45) is 0. The summed E-state index contributed by atoms with van der Waals surface area (Å²) in [4.78, 5) is 15.4. The van der Waals surface area contributed by atoms with E-state index in [1.807, 2.05) is 27.5 Å². The lowest BCUT2D eigenvalue weighted by Crippen LogP contribution is -2.28. The van der Waals surface area contributed by atoms with Crippen molar-refractivity contribution in [1.29, 1.82) is 0 Å². The van der Waals surface area contributed by atoms with Crippen molar-refractivity contribution in [2.45, 2.75) is 0 Å². The second kappa shape index (κ2) is 3.14. The molecule has 3 nitrogen and oxygen atoms in total. The maximum Gasteiger partial charge on any atom is 0.283 e. The number of fused-ring (bicyclic) bond motifs is 1. The van der Waals surface area contributed by atoms with E-state index in [1.54, 1.807) is 0 Å². The number of rotatable bonds is 0. The Labute approximate surface area is 86.2 Å². The van der Waals surface area contributed by atoms with Crippen molar-refractivity contribution in [2.24, 2.45) is 11.8 Å². The summed E-state index contributed by atoms with van der Waals surface area (Å²) >= 11 is 1.88. The fourth-order valence-corrected chi connectivity index (χ4v) is 2.77. The van der Waals surface area contributed by atoms with Gasteiger partial charge in [-0.05, 0) is 18.9 Å². The Kier molecular flexibility index (Phi) is 2.29. The molecule has 0 saturated carbocycles. The molecule has 0 N–H and O–H groups in total. The van der Waals surface area contributed by atoms with Crippen molar-refractivity contribution in [1.82, 2.24) is 9.80 Å². The van der Waals surface area contributed by atoms with Crippen LogP contribution in [0.1, 0.15) is 0 Å². The van der Waals surface area contributed by atoms with Gasteiger partial charge in [-0.25, -0.2) is 0 Å². The molecule has 0 bridgehead atoms. The molecule has 2 aliphatic rings. The van der Waals surface area contributed by atoms with Crippen LogP contribution < -0.4 is 0 Å². The van der Waals surface area contributed by atoms with Crippen LogP contribution in [0.2, 0.25) is 0 Å². The molecule has 1 amide bonds. The van der Waals surface area contributed by atoms with Crippen LogP contribution in [0.4, 0.5) is 4.79 Å². The summed E-state index contributed by atoms with van der Waals surface area (Å²) in [6.45, 7) is 4.31. The predicted molar refractivity (Wildman–Crippen MR) is 55.5 cm³/mol. The number of likely N-dealkylation sites (tertiary alicyclic amines) is 2. The minimum absolute atomic E-state index is 0.213. The van der Waals surface area contributed by atoms with E-state index in [-0.39, 0.29) is 3.91 Å². The number of carbonyl (C=O) groups excluding carboxylic acids is 1. The quantitative estimate of drug-likeness (QED) is 0.376. The first-order valence-corrected chi connectivity index (χ1v) is 5.37. The molecule has 2 aliphatic heterocycles. The Bertz CT molecular complexity index is 195. The Morgan fingerprint density at radius 2 is 1.75 bits per heavy atom. The van der Waals surface area contributed by atoms with Crippen molar-refractivity contribution in [3.63, 3.8) is 0 Å². The molecule has 0 aliphatic carbocycles. The van der Waals surface area contributed by atoms with Gasteiger partial charge in [0, 0.05) is 48.8 Å². The van der Waals surface area contributed by atoms with Crippen LogP contribution in [0.15, 0.2) is 0 Å². The van der Waals surface area contributed by atoms with Crippen molar-refractivity contribution < 1.29 is 4.79 Å². The van der Waals surface area contributed by atoms with E-state index in [1.165, 1.54) is 13.1 Å². The van der Waals surface area contributed by atoms with E-state index in [4.69, 9.17) is 0 Å². The normalized spacial score (nSPS) is 35.7. The molecule has 2 rings (SSSR count). The van der Waals surface area contributed by atoms with E-state index in [0.717, 1.165) is 24.9 Å². The molecule has 2 unspecified atom stereocenters. The highest BCUT2D eigenvalue weighted by atomic mass is 127. The van der Waals surface area contributed by atoms with Gasteiger partial charge in [0.25, 0.3) is 3.91 Å². The van der Waals surface area contributed by atoms with Crippen LogP contribution in [-0.2, 0) is 0 Å². The summed E-state index contributed by atoms with van der Waals surface area (Å²) in [6, 6.07) is 0. The molecule has 2 fully saturated rings. The van der Waals surface area contributed by atoms with Crippen LogP contribution in [0.25, 0.3) is 0 Å². The summed E-state index contributed by atoms with van der Waals surface area (Å²) in [5.74, 6) is 1.49. The van der Waals surface area contributed by atoms with Gasteiger partial charge in [0.1, 0.15) is 0 Å². The summed E-state index contributed by atoms with van der Waals surface area (Å²) in [5.41, 5.74) is 0. The number of nitrogens with zero attached hydrogens (tertiary/aromatic N) is 2. The SMILES string of the molecule is CN1CC2CN(C(=O)I)CC2C1. The van der Waals surface area contributed by atoms with E-state index in [2.05, 4.69) is 11.9 Å². The molecular weight excluding hydrogens is 267 g/mol. The highest BCUT2D eigenvalue weighted by Crippen LogP contribution is 2.30. The minimum Gasteiger partial charge on any atom is -0.333 e. The fraction of sp³-hybridized carbons (Fsp3) is 0.875. The highest BCUT2D eigenvalue weighted by molar-refractivity contribution is 14.1. The molecule has 0 aromatic rings. The third kappa shape index (κ3) is 1.46. The third-order valence-corrected chi connectivity index (χ3v) is 3.60. The van der Waals surface area contributed by atoms with Gasteiger partial charge in [-0.1, -0.05) is 0 Å². The van der Waals surface area contributed by atoms with E-state index >= 15 is 0 Å². The third-order valence-electron chi connectivity index (χ3n) is 2.92. The number of halogens is 1. The largest absolute Gasteiger partial charge is 0.333 e. The Balaban J connectivity index is 1.98. The zero-order chi connectivity index (χ0) is 8.72. The molecule has 0 radical (unpaired) electrons. The molecule has 68 valence electrons. The van der Waals surface area contributed by atoms with Crippen molar-refractivity contribution >= 4 is 26.5 Å². The molecule has 0 aromatic carbocycles. The average molecular weight is 280 g/mol. The van der Waals surface area contributed by atoms with Gasteiger partial charge in [0.2, 0.25) is 0 Å². The zero-order valence-corrected chi connectivity index (χ0v) is 9.32. The minimum atomic E-state index is 0.213. The van der Waals surface area contributed by atoms with E-state index < -0.39 is 0 Å². The summed E-state index contributed by atoms with van der Waals surface area (Å²) in [5, 5.41) is 0. The van der Waals surface area contributed by atoms with Crippen molar-refractivity contribution in [2.75, 3.05) is 33.2 Å². The molecular formula is C8H13IN2O. The van der Waals surface area contributed by atoms with Crippen LogP contribution in [0.5, 0.6) is 0 Å². The first-order valence-electron chi connectivity index (χ1n) is 4.30. The standard InChI is InChI=1S/C8H13IN2O/c1-10-2-6-4-11(8(9)12)5-7(6)3-10/h6-7H,2-5H2,1H3. The molecule has 2 atom stereocenters. The highest BCUT2D eigenvalue weighted by Gasteiger charge is 2.39. The first-order chi connectivity index (χ1) is 5.66. The molecule has 0 spiro atoms. The van der Waals surface area contributed by atoms with Gasteiger partial charge in [-0.2, -0.15) is 0 Å². The first kappa shape index (κ1) is 8.74. The average Bonchev–Trinajstić information content (AvgIpc) is 2.42. The Morgan fingerprint density at radius 3 is 2.17 bits per heavy atom. The molecule has 12 heavy (non-hydrogen) atoms.